The highest BCUT2D eigenvalue weighted by atomic mass is 16.5. The molecule has 146 valence electrons. The summed E-state index contributed by atoms with van der Waals surface area (Å²) in [6.45, 7) is 13.3. The molecular formula is C22H36N2O2. The van der Waals surface area contributed by atoms with Crippen molar-refractivity contribution in [2.24, 2.45) is 0 Å². The van der Waals surface area contributed by atoms with Crippen molar-refractivity contribution in [1.29, 1.82) is 0 Å². The number of likely N-dealkylation sites (tertiary alicyclic amines) is 1. The molecule has 4 heteroatoms. The molecule has 1 saturated heterocycles. The maximum Gasteiger partial charge on any atom is 0.125 e. The Hall–Kier alpha value is -1.78. The summed E-state index contributed by atoms with van der Waals surface area (Å²) in [6.07, 6.45) is 6.80. The molecule has 0 saturated carbocycles. The molecule has 1 aliphatic rings. The number of ether oxygens (including phenoxy) is 2. The van der Waals surface area contributed by atoms with Gasteiger partial charge in [0, 0.05) is 12.1 Å². The molecule has 1 N–H and O–H groups in total. The minimum atomic E-state index is 0.0870. The van der Waals surface area contributed by atoms with E-state index in [1.807, 2.05) is 33.9 Å². The maximum atomic E-state index is 5.50. The van der Waals surface area contributed by atoms with Crippen molar-refractivity contribution in [3.63, 3.8) is 0 Å². The van der Waals surface area contributed by atoms with Crippen molar-refractivity contribution in [2.75, 3.05) is 40.9 Å². The number of likely N-dealkylation sites (N-methyl/N-ethyl adjacent to an activating group) is 1. The third-order valence-corrected chi connectivity index (χ3v) is 4.69. The van der Waals surface area contributed by atoms with E-state index in [2.05, 4.69) is 35.0 Å². The van der Waals surface area contributed by atoms with Crippen LogP contribution in [-0.2, 0) is 0 Å². The molecule has 0 amide bonds. The SMILES string of the molecule is C=C/C(=C\C(NC)c1cc(OC)c(C)c(OC)c1)CN1CCCC1.CC. The van der Waals surface area contributed by atoms with Gasteiger partial charge in [-0.1, -0.05) is 32.6 Å². The van der Waals surface area contributed by atoms with Crippen LogP contribution in [0.4, 0.5) is 0 Å². The van der Waals surface area contributed by atoms with Crippen LogP contribution in [0, 0.1) is 6.92 Å². The van der Waals surface area contributed by atoms with Crippen molar-refractivity contribution in [1.82, 2.24) is 10.2 Å². The quantitative estimate of drug-likeness (QED) is 0.692. The largest absolute Gasteiger partial charge is 0.496 e. The topological polar surface area (TPSA) is 33.7 Å². The minimum Gasteiger partial charge on any atom is -0.496 e. The van der Waals surface area contributed by atoms with Gasteiger partial charge in [0.1, 0.15) is 11.5 Å². The summed E-state index contributed by atoms with van der Waals surface area (Å²) in [5.41, 5.74) is 3.39. The fourth-order valence-corrected chi connectivity index (χ4v) is 3.23. The van der Waals surface area contributed by atoms with E-state index in [9.17, 15) is 0 Å². The Labute approximate surface area is 159 Å². The fourth-order valence-electron chi connectivity index (χ4n) is 3.23. The van der Waals surface area contributed by atoms with Crippen LogP contribution in [0.2, 0.25) is 0 Å². The summed E-state index contributed by atoms with van der Waals surface area (Å²) in [5, 5.41) is 3.38. The Kier molecular flexibility index (Phi) is 10.1. The molecule has 1 fully saturated rings. The summed E-state index contributed by atoms with van der Waals surface area (Å²) in [7, 11) is 5.35. The molecule has 0 aliphatic carbocycles. The molecule has 1 unspecified atom stereocenters. The Bertz CT molecular complexity index is 565. The van der Waals surface area contributed by atoms with Gasteiger partial charge >= 0.3 is 0 Å². The van der Waals surface area contributed by atoms with Crippen molar-refractivity contribution in [3.8, 4) is 11.5 Å². The Morgan fingerprint density at radius 3 is 2.15 bits per heavy atom. The highest BCUT2D eigenvalue weighted by molar-refractivity contribution is 5.49. The molecule has 26 heavy (non-hydrogen) atoms. The van der Waals surface area contributed by atoms with Crippen molar-refractivity contribution in [3.05, 3.63) is 47.6 Å². The number of nitrogens with zero attached hydrogens (tertiary/aromatic N) is 1. The van der Waals surface area contributed by atoms with E-state index in [1.54, 1.807) is 14.2 Å². The minimum absolute atomic E-state index is 0.0870. The average Bonchev–Trinajstić information content (AvgIpc) is 3.20. The van der Waals surface area contributed by atoms with E-state index in [4.69, 9.17) is 9.47 Å². The standard InChI is InChI=1S/C20H30N2O2.C2H6/c1-6-16(14-22-9-7-8-10-22)11-18(21-3)17-12-19(23-4)15(2)20(13-17)24-5;1-2/h6,11-13,18,21H,1,7-10,14H2,2-5H3;1-2H3/b16-11+;. The predicted molar refractivity (Wildman–Crippen MR) is 111 cm³/mol. The van der Waals surface area contributed by atoms with Gasteiger partial charge in [-0.2, -0.15) is 0 Å². The van der Waals surface area contributed by atoms with Gasteiger partial charge in [-0.3, -0.25) is 4.90 Å². The van der Waals surface area contributed by atoms with Gasteiger partial charge in [-0.15, -0.1) is 0 Å². The van der Waals surface area contributed by atoms with Crippen molar-refractivity contribution >= 4 is 0 Å². The number of methoxy groups -OCH3 is 2. The molecule has 1 aromatic carbocycles. The normalized spacial score (nSPS) is 15.8. The molecule has 4 nitrogen and oxygen atoms in total. The second-order valence-electron chi connectivity index (χ2n) is 6.25. The molecule has 2 rings (SSSR count). The van der Waals surface area contributed by atoms with Crippen molar-refractivity contribution < 1.29 is 9.47 Å². The smallest absolute Gasteiger partial charge is 0.125 e. The first-order valence-corrected chi connectivity index (χ1v) is 9.58. The van der Waals surface area contributed by atoms with E-state index in [0.717, 1.165) is 29.2 Å². The Morgan fingerprint density at radius 1 is 1.19 bits per heavy atom. The van der Waals surface area contributed by atoms with E-state index in [-0.39, 0.29) is 6.04 Å². The van der Waals surface area contributed by atoms with Crippen LogP contribution in [0.1, 0.15) is 43.9 Å². The lowest BCUT2D eigenvalue weighted by Gasteiger charge is -2.20. The molecule has 1 atom stereocenters. The molecule has 0 radical (unpaired) electrons. The zero-order chi connectivity index (χ0) is 19.5. The number of hydrogen-bond acceptors (Lipinski definition) is 4. The summed E-state index contributed by atoms with van der Waals surface area (Å²) in [6, 6.07) is 4.24. The van der Waals surface area contributed by atoms with E-state index in [0.29, 0.717) is 0 Å². The third-order valence-electron chi connectivity index (χ3n) is 4.69. The van der Waals surface area contributed by atoms with E-state index < -0.39 is 0 Å². The Morgan fingerprint density at radius 2 is 1.73 bits per heavy atom. The van der Waals surface area contributed by atoms with Crippen LogP contribution in [-0.4, -0.2) is 45.8 Å². The second kappa shape index (κ2) is 11.8. The van der Waals surface area contributed by atoms with Crippen LogP contribution >= 0.6 is 0 Å². The van der Waals surface area contributed by atoms with E-state index in [1.165, 1.54) is 31.5 Å². The number of rotatable bonds is 8. The van der Waals surface area contributed by atoms with Crippen LogP contribution < -0.4 is 14.8 Å². The van der Waals surface area contributed by atoms with Gasteiger partial charge in [0.05, 0.1) is 20.3 Å². The van der Waals surface area contributed by atoms with Crippen LogP contribution in [0.25, 0.3) is 0 Å². The number of nitrogens with one attached hydrogen (secondary N) is 1. The lowest BCUT2D eigenvalue weighted by atomic mass is 10.0. The molecule has 0 aromatic heterocycles. The zero-order valence-electron chi connectivity index (χ0n) is 17.4. The third kappa shape index (κ3) is 5.89. The van der Waals surface area contributed by atoms with E-state index >= 15 is 0 Å². The molecular weight excluding hydrogens is 324 g/mol. The Balaban J connectivity index is 0.00000163. The van der Waals surface area contributed by atoms with Crippen LogP contribution in [0.3, 0.4) is 0 Å². The monoisotopic (exact) mass is 360 g/mol. The molecule has 0 spiro atoms. The summed E-state index contributed by atoms with van der Waals surface area (Å²) in [5.74, 6) is 1.69. The first-order chi connectivity index (χ1) is 12.6. The van der Waals surface area contributed by atoms with Gasteiger partial charge in [-0.05, 0) is 63.2 Å². The maximum absolute atomic E-state index is 5.50. The fraction of sp³-hybridized carbons (Fsp3) is 0.545. The van der Waals surface area contributed by atoms with Crippen molar-refractivity contribution in [2.45, 2.75) is 39.7 Å². The number of benzene rings is 1. The lowest BCUT2D eigenvalue weighted by Crippen LogP contribution is -2.23. The summed E-state index contributed by atoms with van der Waals surface area (Å²) < 4.78 is 11.0. The highest BCUT2D eigenvalue weighted by Gasteiger charge is 2.16. The second-order valence-corrected chi connectivity index (χ2v) is 6.25. The van der Waals surface area contributed by atoms with Gasteiger partial charge in [0.25, 0.3) is 0 Å². The van der Waals surface area contributed by atoms with Crippen LogP contribution in [0.15, 0.2) is 36.4 Å². The first-order valence-electron chi connectivity index (χ1n) is 9.58. The summed E-state index contributed by atoms with van der Waals surface area (Å²) >= 11 is 0. The first kappa shape index (κ1) is 22.3. The molecule has 1 aliphatic heterocycles. The summed E-state index contributed by atoms with van der Waals surface area (Å²) in [4.78, 5) is 2.48. The van der Waals surface area contributed by atoms with Gasteiger partial charge in [0.2, 0.25) is 0 Å². The van der Waals surface area contributed by atoms with Gasteiger partial charge < -0.3 is 14.8 Å². The van der Waals surface area contributed by atoms with Crippen LogP contribution in [0.5, 0.6) is 11.5 Å². The number of hydrogen-bond donors (Lipinski definition) is 1. The average molecular weight is 361 g/mol. The molecule has 1 heterocycles. The molecule has 0 bridgehead atoms. The zero-order valence-corrected chi connectivity index (χ0v) is 17.4. The highest BCUT2D eigenvalue weighted by Crippen LogP contribution is 2.32. The predicted octanol–water partition coefficient (Wildman–Crippen LogP) is 4.51. The molecule has 1 aromatic rings. The van der Waals surface area contributed by atoms with Gasteiger partial charge in [-0.25, -0.2) is 0 Å². The lowest BCUT2D eigenvalue weighted by molar-refractivity contribution is 0.370. The van der Waals surface area contributed by atoms with Gasteiger partial charge in [0.15, 0.2) is 0 Å².